The smallest absolute Gasteiger partial charge is 0.413 e. The second-order valence-electron chi connectivity index (χ2n) is 4.72. The fourth-order valence-electron chi connectivity index (χ4n) is 2.35. The van der Waals surface area contributed by atoms with E-state index in [1.807, 2.05) is 0 Å². The summed E-state index contributed by atoms with van der Waals surface area (Å²) in [5, 5.41) is 19.9. The van der Waals surface area contributed by atoms with E-state index in [-0.39, 0.29) is 18.1 Å². The molecule has 0 fully saturated rings. The van der Waals surface area contributed by atoms with Gasteiger partial charge < -0.3 is 5.11 Å². The average molecular weight is 314 g/mol. The van der Waals surface area contributed by atoms with Gasteiger partial charge in [0.2, 0.25) is 0 Å². The van der Waals surface area contributed by atoms with E-state index in [0.717, 1.165) is 4.90 Å². The molecule has 2 heterocycles. The van der Waals surface area contributed by atoms with E-state index in [1.54, 1.807) is 12.1 Å². The summed E-state index contributed by atoms with van der Waals surface area (Å²) in [6.07, 6.45) is 0.153. The highest BCUT2D eigenvalue weighted by Crippen LogP contribution is 2.36. The summed E-state index contributed by atoms with van der Waals surface area (Å²) in [6, 6.07) is 8.57. The van der Waals surface area contributed by atoms with Crippen LogP contribution in [0.2, 0.25) is 0 Å². The molecule has 0 saturated carbocycles. The molecule has 0 spiro atoms. The van der Waals surface area contributed by atoms with E-state index in [1.165, 1.54) is 35.4 Å². The maximum absolute atomic E-state index is 12.4. The Balaban J connectivity index is 2.08. The first-order chi connectivity index (χ1) is 11.0. The van der Waals surface area contributed by atoms with Crippen molar-refractivity contribution in [3.63, 3.8) is 0 Å². The Morgan fingerprint density at radius 1 is 1.26 bits per heavy atom. The van der Waals surface area contributed by atoms with Gasteiger partial charge in [0, 0.05) is 24.0 Å². The standard InChI is InChI=1S/C14H10N4O5/c19-12-8-16(14(20)21)13-11(2-1-7-15-13)17(12)9-3-5-10(6-4-9)18(22)23/h1-7H,8H2,(H,20,21). The van der Waals surface area contributed by atoms with Crippen molar-refractivity contribution in [3.05, 3.63) is 52.7 Å². The lowest BCUT2D eigenvalue weighted by atomic mass is 10.2. The van der Waals surface area contributed by atoms with E-state index in [0.29, 0.717) is 11.4 Å². The largest absolute Gasteiger partial charge is 0.465 e. The quantitative estimate of drug-likeness (QED) is 0.670. The van der Waals surface area contributed by atoms with Crippen LogP contribution in [0.3, 0.4) is 0 Å². The number of nitro benzene ring substituents is 1. The van der Waals surface area contributed by atoms with Crippen LogP contribution >= 0.6 is 0 Å². The van der Waals surface area contributed by atoms with Crippen LogP contribution in [0.1, 0.15) is 0 Å². The first-order valence-electron chi connectivity index (χ1n) is 6.52. The Hall–Kier alpha value is -3.49. The number of nitro groups is 1. The van der Waals surface area contributed by atoms with Gasteiger partial charge in [-0.25, -0.2) is 9.78 Å². The van der Waals surface area contributed by atoms with E-state index in [2.05, 4.69) is 4.98 Å². The van der Waals surface area contributed by atoms with Crippen LogP contribution < -0.4 is 9.80 Å². The first kappa shape index (κ1) is 14.4. The van der Waals surface area contributed by atoms with E-state index < -0.39 is 16.9 Å². The zero-order valence-electron chi connectivity index (χ0n) is 11.6. The molecule has 1 aliphatic rings. The van der Waals surface area contributed by atoms with Gasteiger partial charge in [-0.05, 0) is 24.3 Å². The molecule has 0 atom stereocenters. The number of amides is 2. The second kappa shape index (κ2) is 5.37. The fourth-order valence-corrected chi connectivity index (χ4v) is 2.35. The van der Waals surface area contributed by atoms with E-state index in [9.17, 15) is 24.8 Å². The maximum Gasteiger partial charge on any atom is 0.413 e. The number of carbonyl (C=O) groups is 2. The van der Waals surface area contributed by atoms with Crippen LogP contribution in [0.4, 0.5) is 27.7 Å². The molecule has 0 unspecified atom stereocenters. The zero-order chi connectivity index (χ0) is 16.6. The molecule has 9 nitrogen and oxygen atoms in total. The van der Waals surface area contributed by atoms with Gasteiger partial charge in [-0.15, -0.1) is 0 Å². The zero-order valence-corrected chi connectivity index (χ0v) is 11.6. The predicted molar refractivity (Wildman–Crippen MR) is 79.9 cm³/mol. The van der Waals surface area contributed by atoms with Gasteiger partial charge in [0.1, 0.15) is 6.54 Å². The molecule has 23 heavy (non-hydrogen) atoms. The molecule has 1 N–H and O–H groups in total. The molecule has 1 aliphatic heterocycles. The number of hydrogen-bond donors (Lipinski definition) is 1. The third-order valence-electron chi connectivity index (χ3n) is 3.36. The topological polar surface area (TPSA) is 117 Å². The normalized spacial score (nSPS) is 13.7. The lowest BCUT2D eigenvalue weighted by molar-refractivity contribution is -0.384. The van der Waals surface area contributed by atoms with Crippen molar-refractivity contribution < 1.29 is 19.6 Å². The van der Waals surface area contributed by atoms with Crippen molar-refractivity contribution in [1.82, 2.24) is 4.98 Å². The molecule has 9 heteroatoms. The number of hydrogen-bond acceptors (Lipinski definition) is 5. The first-order valence-corrected chi connectivity index (χ1v) is 6.52. The minimum atomic E-state index is -1.28. The Labute approximate surface area is 129 Å². The van der Waals surface area contributed by atoms with Crippen molar-refractivity contribution >= 4 is 34.9 Å². The molecule has 0 saturated heterocycles. The second-order valence-corrected chi connectivity index (χ2v) is 4.72. The summed E-state index contributed by atoms with van der Waals surface area (Å²) in [4.78, 5) is 40.0. The van der Waals surface area contributed by atoms with Crippen molar-refractivity contribution in [3.8, 4) is 0 Å². The number of rotatable bonds is 2. The molecule has 1 aromatic heterocycles. The summed E-state index contributed by atoms with van der Waals surface area (Å²) >= 11 is 0. The number of benzene rings is 1. The third-order valence-corrected chi connectivity index (χ3v) is 3.36. The van der Waals surface area contributed by atoms with Crippen LogP contribution in [0, 0.1) is 10.1 Å². The molecular weight excluding hydrogens is 304 g/mol. The number of pyridine rings is 1. The van der Waals surface area contributed by atoms with Crippen molar-refractivity contribution in [1.29, 1.82) is 0 Å². The average Bonchev–Trinajstić information content (AvgIpc) is 2.54. The summed E-state index contributed by atoms with van der Waals surface area (Å²) in [5.74, 6) is -0.334. The highest BCUT2D eigenvalue weighted by atomic mass is 16.6. The van der Waals surface area contributed by atoms with E-state index in [4.69, 9.17) is 0 Å². The Bertz CT molecular complexity index is 805. The number of carboxylic acid groups (broad SMARTS) is 1. The summed E-state index contributed by atoms with van der Waals surface area (Å²) in [6.45, 7) is -0.379. The molecule has 116 valence electrons. The Kier molecular flexibility index (Phi) is 3.37. The molecule has 0 radical (unpaired) electrons. The molecule has 1 aromatic carbocycles. The van der Waals surface area contributed by atoms with Crippen molar-refractivity contribution in [2.24, 2.45) is 0 Å². The third kappa shape index (κ3) is 2.44. The predicted octanol–water partition coefficient (Wildman–Crippen LogP) is 2.15. The SMILES string of the molecule is O=C(O)N1CC(=O)N(c2ccc([N+](=O)[O-])cc2)c2cccnc21. The number of carbonyl (C=O) groups excluding carboxylic acids is 1. The number of aromatic nitrogens is 1. The molecule has 0 bridgehead atoms. The minimum absolute atomic E-state index is 0.100. The van der Waals surface area contributed by atoms with Crippen LogP contribution in [0.15, 0.2) is 42.6 Å². The van der Waals surface area contributed by atoms with Gasteiger partial charge in [-0.2, -0.15) is 0 Å². The summed E-state index contributed by atoms with van der Waals surface area (Å²) < 4.78 is 0. The van der Waals surface area contributed by atoms with Gasteiger partial charge in [-0.3, -0.25) is 24.7 Å². The molecule has 2 amide bonds. The monoisotopic (exact) mass is 314 g/mol. The molecule has 3 rings (SSSR count). The van der Waals surface area contributed by atoms with Crippen molar-refractivity contribution in [2.75, 3.05) is 16.3 Å². The maximum atomic E-state index is 12.4. The van der Waals surface area contributed by atoms with Gasteiger partial charge in [-0.1, -0.05) is 0 Å². The molecular formula is C14H10N4O5. The lowest BCUT2D eigenvalue weighted by Crippen LogP contribution is -2.46. The highest BCUT2D eigenvalue weighted by Gasteiger charge is 2.34. The molecule has 2 aromatic rings. The summed E-state index contributed by atoms with van der Waals surface area (Å²) in [7, 11) is 0. The number of non-ortho nitro benzene ring substituents is 1. The van der Waals surface area contributed by atoms with E-state index >= 15 is 0 Å². The van der Waals surface area contributed by atoms with Gasteiger partial charge in [0.25, 0.3) is 11.6 Å². The van der Waals surface area contributed by atoms with Crippen LogP contribution in [-0.4, -0.2) is 33.6 Å². The lowest BCUT2D eigenvalue weighted by Gasteiger charge is -2.33. The Morgan fingerprint density at radius 3 is 2.57 bits per heavy atom. The molecule has 0 aliphatic carbocycles. The number of anilines is 3. The fraction of sp³-hybridized carbons (Fsp3) is 0.0714. The van der Waals surface area contributed by atoms with Crippen molar-refractivity contribution in [2.45, 2.75) is 0 Å². The minimum Gasteiger partial charge on any atom is -0.465 e. The van der Waals surface area contributed by atoms with Crippen LogP contribution in [0.5, 0.6) is 0 Å². The van der Waals surface area contributed by atoms with Crippen LogP contribution in [-0.2, 0) is 4.79 Å². The number of fused-ring (bicyclic) bond motifs is 1. The highest BCUT2D eigenvalue weighted by molar-refractivity contribution is 6.12. The van der Waals surface area contributed by atoms with Gasteiger partial charge in [0.05, 0.1) is 10.6 Å². The number of nitrogens with zero attached hydrogens (tertiary/aromatic N) is 4. The van der Waals surface area contributed by atoms with Gasteiger partial charge in [0.15, 0.2) is 5.82 Å². The van der Waals surface area contributed by atoms with Gasteiger partial charge >= 0.3 is 6.09 Å². The van der Waals surface area contributed by atoms with Crippen LogP contribution in [0.25, 0.3) is 0 Å². The summed E-state index contributed by atoms with van der Waals surface area (Å²) in [5.41, 5.74) is 0.608. The Morgan fingerprint density at radius 2 is 1.96 bits per heavy atom.